The normalized spacial score (nSPS) is 19.2. The average Bonchev–Trinajstić information content (AvgIpc) is 3.82. The Morgan fingerprint density at radius 1 is 0.891 bits per heavy atom. The minimum atomic E-state index is -0.309. The number of carbonyl (C=O) groups is 1. The van der Waals surface area contributed by atoms with Gasteiger partial charge < -0.3 is 19.7 Å². The number of aromatic nitrogens is 5. The molecule has 0 radical (unpaired) electrons. The summed E-state index contributed by atoms with van der Waals surface area (Å²) in [5.74, 6) is 2.78. The molecule has 2 atom stereocenters. The third-order valence-electron chi connectivity index (χ3n) is 11.0. The summed E-state index contributed by atoms with van der Waals surface area (Å²) in [6.45, 7) is 11.9. The molecule has 3 aromatic heterocycles. The molecule has 55 heavy (non-hydrogen) atoms. The zero-order valence-electron chi connectivity index (χ0n) is 32.1. The molecule has 2 saturated heterocycles. The summed E-state index contributed by atoms with van der Waals surface area (Å²) in [6.07, 6.45) is 10.6. The lowest BCUT2D eigenvalue weighted by Crippen LogP contribution is -2.36. The molecule has 3 aliphatic rings. The molecule has 2 fully saturated rings. The lowest BCUT2D eigenvalue weighted by molar-refractivity contribution is 0.171. The van der Waals surface area contributed by atoms with E-state index in [9.17, 15) is 4.79 Å². The molecule has 5 aromatic rings. The maximum atomic E-state index is 13.8. The Labute approximate surface area is 328 Å². The third kappa shape index (κ3) is 8.40. The lowest BCUT2D eigenvalue weighted by Gasteiger charge is -2.32. The number of fused-ring (bicyclic) bond motifs is 2. The summed E-state index contributed by atoms with van der Waals surface area (Å²) in [4.78, 5) is 18.6. The van der Waals surface area contributed by atoms with Gasteiger partial charge in [-0.2, -0.15) is 5.10 Å². The molecule has 8 rings (SSSR count). The standard InChI is InChI=1S/C42H52ClN9O3/c1-42(2,3)37-27-39(52(48-37)29-14-16-33(43)36(26-29)54-25-24-49-20-8-4-9-21-49)45-40(53)44-34-17-18-35(32-13-7-6-12-31(32)34)55-30-15-19-38-46-47-41(51(38)28-30)50-22-10-5-11-23-50/h6-7,12-16,19,26-28,34-35H,4-5,8-11,17-18,20-25H2,1-3H3,(H2,44,45,53)/t34-,35+/m0/s1. The summed E-state index contributed by atoms with van der Waals surface area (Å²) in [7, 11) is 0. The largest absolute Gasteiger partial charge is 0.491 e. The second kappa shape index (κ2) is 16.1. The summed E-state index contributed by atoms with van der Waals surface area (Å²) >= 11 is 6.60. The van der Waals surface area contributed by atoms with Crippen molar-refractivity contribution in [2.45, 2.75) is 89.7 Å². The van der Waals surface area contributed by atoms with Gasteiger partial charge in [-0.05, 0) is 93.4 Å². The Kier molecular flexibility index (Phi) is 10.9. The van der Waals surface area contributed by atoms with Crippen molar-refractivity contribution in [3.05, 3.63) is 88.7 Å². The molecule has 0 spiro atoms. The second-order valence-electron chi connectivity index (χ2n) is 16.0. The number of anilines is 2. The number of nitrogens with zero attached hydrogens (tertiary/aromatic N) is 7. The van der Waals surface area contributed by atoms with Crippen LogP contribution in [0.3, 0.4) is 0 Å². The first kappa shape index (κ1) is 37.1. The average molecular weight is 766 g/mol. The highest BCUT2D eigenvalue weighted by Gasteiger charge is 2.30. The van der Waals surface area contributed by atoms with E-state index in [1.54, 1.807) is 4.68 Å². The Morgan fingerprint density at radius 2 is 1.65 bits per heavy atom. The van der Waals surface area contributed by atoms with Crippen LogP contribution in [0.5, 0.6) is 11.5 Å². The number of carbonyl (C=O) groups excluding carboxylic acids is 1. The molecule has 2 amide bonds. The number of ether oxygens (including phenoxy) is 2. The van der Waals surface area contributed by atoms with Gasteiger partial charge in [0.2, 0.25) is 5.95 Å². The Hall–Kier alpha value is -4.81. The minimum Gasteiger partial charge on any atom is -0.491 e. The van der Waals surface area contributed by atoms with Gasteiger partial charge in [0.15, 0.2) is 5.65 Å². The molecular formula is C42H52ClN9O3. The molecule has 1 aliphatic carbocycles. The minimum absolute atomic E-state index is 0.165. The quantitative estimate of drug-likeness (QED) is 0.146. The van der Waals surface area contributed by atoms with E-state index in [4.69, 9.17) is 26.2 Å². The number of halogens is 1. The van der Waals surface area contributed by atoms with E-state index >= 15 is 0 Å². The molecule has 12 nitrogen and oxygen atoms in total. The van der Waals surface area contributed by atoms with Crippen LogP contribution in [0.4, 0.5) is 16.6 Å². The van der Waals surface area contributed by atoms with Crippen LogP contribution in [-0.4, -0.2) is 74.6 Å². The first-order chi connectivity index (χ1) is 26.7. The number of nitrogens with one attached hydrogen (secondary N) is 2. The Morgan fingerprint density at radius 3 is 2.44 bits per heavy atom. The number of amides is 2. The van der Waals surface area contributed by atoms with Gasteiger partial charge in [0, 0.05) is 37.2 Å². The molecule has 13 heteroatoms. The number of hydrogen-bond donors (Lipinski definition) is 2. The molecule has 2 N–H and O–H groups in total. The van der Waals surface area contributed by atoms with Crippen molar-refractivity contribution in [1.29, 1.82) is 0 Å². The van der Waals surface area contributed by atoms with Crippen LogP contribution in [0.15, 0.2) is 66.9 Å². The van der Waals surface area contributed by atoms with Crippen molar-refractivity contribution in [2.75, 3.05) is 49.5 Å². The molecule has 2 aliphatic heterocycles. The van der Waals surface area contributed by atoms with E-state index in [2.05, 4.69) is 63.5 Å². The van der Waals surface area contributed by atoms with E-state index in [0.717, 1.165) is 91.8 Å². The lowest BCUT2D eigenvalue weighted by atomic mass is 9.85. The molecule has 5 heterocycles. The van der Waals surface area contributed by atoms with Gasteiger partial charge in [0.1, 0.15) is 30.0 Å². The highest BCUT2D eigenvalue weighted by Crippen LogP contribution is 2.39. The van der Waals surface area contributed by atoms with Gasteiger partial charge >= 0.3 is 6.03 Å². The van der Waals surface area contributed by atoms with Crippen molar-refractivity contribution < 1.29 is 14.3 Å². The van der Waals surface area contributed by atoms with Crippen LogP contribution in [-0.2, 0) is 5.41 Å². The van der Waals surface area contributed by atoms with Crippen LogP contribution in [0.25, 0.3) is 11.3 Å². The van der Waals surface area contributed by atoms with Crippen molar-refractivity contribution in [1.82, 2.24) is 34.6 Å². The van der Waals surface area contributed by atoms with Crippen LogP contribution < -0.4 is 25.0 Å². The molecule has 290 valence electrons. The maximum absolute atomic E-state index is 13.8. The van der Waals surface area contributed by atoms with Crippen molar-refractivity contribution >= 4 is 35.0 Å². The van der Waals surface area contributed by atoms with Gasteiger partial charge in [-0.3, -0.25) is 14.6 Å². The van der Waals surface area contributed by atoms with E-state index in [1.165, 1.54) is 25.7 Å². The Bertz CT molecular complexity index is 2110. The van der Waals surface area contributed by atoms with E-state index < -0.39 is 0 Å². The summed E-state index contributed by atoms with van der Waals surface area (Å²) in [5, 5.41) is 20.8. The Balaban J connectivity index is 0.969. The summed E-state index contributed by atoms with van der Waals surface area (Å²) in [5.41, 5.74) is 4.26. The fourth-order valence-corrected chi connectivity index (χ4v) is 8.14. The molecular weight excluding hydrogens is 714 g/mol. The summed E-state index contributed by atoms with van der Waals surface area (Å²) in [6, 6.07) is 19.2. The van der Waals surface area contributed by atoms with E-state index in [0.29, 0.717) is 29.6 Å². The third-order valence-corrected chi connectivity index (χ3v) is 11.3. The predicted molar refractivity (Wildman–Crippen MR) is 216 cm³/mol. The van der Waals surface area contributed by atoms with Crippen molar-refractivity contribution in [2.24, 2.45) is 0 Å². The highest BCUT2D eigenvalue weighted by molar-refractivity contribution is 6.32. The predicted octanol–water partition coefficient (Wildman–Crippen LogP) is 8.50. The highest BCUT2D eigenvalue weighted by atomic mass is 35.5. The smallest absolute Gasteiger partial charge is 0.320 e. The van der Waals surface area contributed by atoms with E-state index in [-0.39, 0.29) is 23.6 Å². The fraction of sp³-hybridized carbons (Fsp3) is 0.476. The number of benzene rings is 2. The zero-order chi connectivity index (χ0) is 37.9. The number of piperidine rings is 2. The van der Waals surface area contributed by atoms with Crippen LogP contribution in [0.1, 0.15) is 101 Å². The number of likely N-dealkylation sites (tertiary alicyclic amines) is 1. The van der Waals surface area contributed by atoms with Gasteiger partial charge in [-0.1, -0.05) is 63.1 Å². The first-order valence-electron chi connectivity index (χ1n) is 19.9. The maximum Gasteiger partial charge on any atom is 0.320 e. The molecule has 2 aromatic carbocycles. The monoisotopic (exact) mass is 765 g/mol. The van der Waals surface area contributed by atoms with Crippen LogP contribution in [0, 0.1) is 0 Å². The molecule has 0 bridgehead atoms. The number of urea groups is 1. The zero-order valence-corrected chi connectivity index (χ0v) is 32.9. The number of rotatable bonds is 10. The van der Waals surface area contributed by atoms with Crippen LogP contribution in [0.2, 0.25) is 5.02 Å². The molecule has 0 unspecified atom stereocenters. The first-order valence-corrected chi connectivity index (χ1v) is 20.3. The summed E-state index contributed by atoms with van der Waals surface area (Å²) < 4.78 is 16.7. The van der Waals surface area contributed by atoms with Gasteiger partial charge in [-0.15, -0.1) is 10.2 Å². The van der Waals surface area contributed by atoms with Gasteiger partial charge in [0.25, 0.3) is 0 Å². The molecule has 0 saturated carbocycles. The second-order valence-corrected chi connectivity index (χ2v) is 16.5. The van der Waals surface area contributed by atoms with E-state index in [1.807, 2.05) is 59.1 Å². The van der Waals surface area contributed by atoms with Crippen LogP contribution >= 0.6 is 11.6 Å². The van der Waals surface area contributed by atoms with Crippen molar-refractivity contribution in [3.8, 4) is 17.2 Å². The topological polar surface area (TPSA) is 114 Å². The van der Waals surface area contributed by atoms with Gasteiger partial charge in [-0.25, -0.2) is 9.48 Å². The SMILES string of the molecule is CC(C)(C)c1cc(NC(=O)N[C@H]2CC[C@@H](Oc3ccc4nnc(N5CCCCC5)n4c3)c3ccccc32)n(-c2ccc(Cl)c(OCCN3CCCCC3)c2)n1. The fourth-order valence-electron chi connectivity index (χ4n) is 7.97. The number of hydrogen-bond acceptors (Lipinski definition) is 8. The van der Waals surface area contributed by atoms with Gasteiger partial charge in [0.05, 0.1) is 28.6 Å². The number of pyridine rings is 1. The van der Waals surface area contributed by atoms with Crippen molar-refractivity contribution in [3.63, 3.8) is 0 Å².